The number of nitrogens with one attached hydrogen (secondary N) is 1. The number of hydrogen-bond donors (Lipinski definition) is 1. The number of aliphatic imine (C=N–C) groups is 1. The molecule has 0 radical (unpaired) electrons. The first-order valence-corrected chi connectivity index (χ1v) is 10.8. The van der Waals surface area contributed by atoms with Gasteiger partial charge in [0.2, 0.25) is 6.23 Å². The lowest BCUT2D eigenvalue weighted by Crippen LogP contribution is -2.38. The standard InChI is InChI=1S/C23H28ClF4N3O2/c1-13-10-16(8-9-17(13)21(32)30-20-11-19(24)31-33-20)18(29-5)12-22(4,23(26,27)28)14(2)6-7-15(3)25/h6,8-10,15,20H,7,11-12H2,1-5H3,(H,30,32)/b14-6+,29-18+. The number of halogens is 5. The molecule has 0 fully saturated rings. The second-order valence-electron chi connectivity index (χ2n) is 8.35. The van der Waals surface area contributed by atoms with E-state index in [2.05, 4.69) is 15.5 Å². The molecule has 0 saturated heterocycles. The summed E-state index contributed by atoms with van der Waals surface area (Å²) in [5.74, 6) is -0.417. The van der Waals surface area contributed by atoms with Gasteiger partial charge < -0.3 is 10.2 Å². The van der Waals surface area contributed by atoms with Gasteiger partial charge in [-0.15, -0.1) is 0 Å². The van der Waals surface area contributed by atoms with Gasteiger partial charge in [-0.2, -0.15) is 13.2 Å². The predicted molar refractivity (Wildman–Crippen MR) is 122 cm³/mol. The van der Waals surface area contributed by atoms with Crippen molar-refractivity contribution >= 4 is 28.4 Å². The Bertz CT molecular complexity index is 973. The third-order valence-corrected chi connectivity index (χ3v) is 5.99. The minimum absolute atomic E-state index is 0.0332. The summed E-state index contributed by atoms with van der Waals surface area (Å²) in [6, 6.07) is 4.71. The number of carbonyl (C=O) groups excluding carboxylic acids is 1. The maximum absolute atomic E-state index is 14.1. The highest BCUT2D eigenvalue weighted by Gasteiger charge is 2.52. The normalized spacial score (nSPS) is 20.1. The Morgan fingerprint density at radius 1 is 1.42 bits per heavy atom. The van der Waals surface area contributed by atoms with Crippen molar-refractivity contribution in [3.05, 3.63) is 46.5 Å². The van der Waals surface area contributed by atoms with E-state index in [4.69, 9.17) is 16.4 Å². The first kappa shape index (κ1) is 26.8. The maximum Gasteiger partial charge on any atom is 0.398 e. The monoisotopic (exact) mass is 489 g/mol. The molecule has 10 heteroatoms. The van der Waals surface area contributed by atoms with Gasteiger partial charge >= 0.3 is 6.18 Å². The fourth-order valence-electron chi connectivity index (χ4n) is 3.42. The van der Waals surface area contributed by atoms with Gasteiger partial charge in [0.25, 0.3) is 5.91 Å². The lowest BCUT2D eigenvalue weighted by atomic mass is 9.75. The molecule has 2 rings (SSSR count). The van der Waals surface area contributed by atoms with Crippen LogP contribution in [0.25, 0.3) is 0 Å². The summed E-state index contributed by atoms with van der Waals surface area (Å²) in [6.07, 6.45) is -5.46. The molecule has 5 nitrogen and oxygen atoms in total. The Morgan fingerprint density at radius 3 is 2.58 bits per heavy atom. The van der Waals surface area contributed by atoms with E-state index in [0.717, 1.165) is 6.92 Å². The molecule has 1 amide bonds. The molecule has 1 aromatic carbocycles. The number of carbonyl (C=O) groups is 1. The molecule has 1 N–H and O–H groups in total. The van der Waals surface area contributed by atoms with Crippen molar-refractivity contribution in [3.63, 3.8) is 0 Å². The third kappa shape index (κ3) is 6.56. The summed E-state index contributed by atoms with van der Waals surface area (Å²) in [5.41, 5.74) is -0.594. The van der Waals surface area contributed by atoms with Gasteiger partial charge in [0, 0.05) is 24.7 Å². The smallest absolute Gasteiger partial charge is 0.369 e. The second-order valence-corrected chi connectivity index (χ2v) is 8.79. The van der Waals surface area contributed by atoms with Crippen molar-refractivity contribution in [2.75, 3.05) is 7.05 Å². The van der Waals surface area contributed by atoms with Crippen LogP contribution in [0.5, 0.6) is 0 Å². The Kier molecular flexibility index (Phi) is 8.68. The van der Waals surface area contributed by atoms with Gasteiger partial charge in [0.05, 0.1) is 11.8 Å². The van der Waals surface area contributed by atoms with Crippen LogP contribution in [0, 0.1) is 12.3 Å². The van der Waals surface area contributed by atoms with Crippen molar-refractivity contribution in [3.8, 4) is 0 Å². The molecule has 0 bridgehead atoms. The van der Waals surface area contributed by atoms with Gasteiger partial charge in [-0.1, -0.05) is 34.5 Å². The number of nitrogens with zero attached hydrogens (tertiary/aromatic N) is 2. The lowest BCUT2D eigenvalue weighted by Gasteiger charge is -2.34. The van der Waals surface area contributed by atoms with E-state index in [-0.39, 0.29) is 29.3 Å². The number of amides is 1. The quantitative estimate of drug-likeness (QED) is 0.272. The van der Waals surface area contributed by atoms with Crippen LogP contribution in [0.2, 0.25) is 0 Å². The molecule has 1 heterocycles. The average molecular weight is 490 g/mol. The highest BCUT2D eigenvalue weighted by Crippen LogP contribution is 2.47. The van der Waals surface area contributed by atoms with Gasteiger partial charge in [0.1, 0.15) is 6.17 Å². The van der Waals surface area contributed by atoms with Crippen LogP contribution < -0.4 is 5.32 Å². The highest BCUT2D eigenvalue weighted by atomic mass is 35.5. The number of benzene rings is 1. The zero-order valence-corrected chi connectivity index (χ0v) is 19.9. The van der Waals surface area contributed by atoms with Gasteiger partial charge in [0.15, 0.2) is 5.17 Å². The molecule has 1 aliphatic rings. The fraction of sp³-hybridized carbons (Fsp3) is 0.522. The molecule has 33 heavy (non-hydrogen) atoms. The highest BCUT2D eigenvalue weighted by molar-refractivity contribution is 6.65. The molecule has 0 spiro atoms. The molecule has 0 saturated carbocycles. The summed E-state index contributed by atoms with van der Waals surface area (Å²) in [7, 11) is 1.42. The minimum Gasteiger partial charge on any atom is -0.369 e. The van der Waals surface area contributed by atoms with Crippen LogP contribution in [0.1, 0.15) is 61.5 Å². The van der Waals surface area contributed by atoms with Crippen LogP contribution in [0.15, 0.2) is 40.0 Å². The Hall–Kier alpha value is -2.42. The van der Waals surface area contributed by atoms with Crippen LogP contribution in [0.3, 0.4) is 0 Å². The number of alkyl halides is 4. The molecule has 3 unspecified atom stereocenters. The van der Waals surface area contributed by atoms with E-state index >= 15 is 0 Å². The molecule has 0 aromatic heterocycles. The first-order valence-electron chi connectivity index (χ1n) is 10.4. The topological polar surface area (TPSA) is 63.0 Å². The van der Waals surface area contributed by atoms with Gasteiger partial charge in [-0.25, -0.2) is 4.39 Å². The number of allylic oxidation sites excluding steroid dienone is 2. The summed E-state index contributed by atoms with van der Waals surface area (Å²) < 4.78 is 55.5. The van der Waals surface area contributed by atoms with E-state index < -0.39 is 36.3 Å². The number of oxime groups is 1. The molecule has 3 atom stereocenters. The zero-order chi connectivity index (χ0) is 25.0. The van der Waals surface area contributed by atoms with Gasteiger partial charge in [-0.3, -0.25) is 9.79 Å². The van der Waals surface area contributed by atoms with Crippen molar-refractivity contribution in [1.82, 2.24) is 5.32 Å². The van der Waals surface area contributed by atoms with Crippen molar-refractivity contribution in [2.45, 2.75) is 65.5 Å². The molecular weight excluding hydrogens is 462 g/mol. The second kappa shape index (κ2) is 10.7. The van der Waals surface area contributed by atoms with Crippen molar-refractivity contribution in [1.29, 1.82) is 0 Å². The number of hydrogen-bond acceptors (Lipinski definition) is 4. The predicted octanol–water partition coefficient (Wildman–Crippen LogP) is 6.10. The van der Waals surface area contributed by atoms with E-state index in [1.54, 1.807) is 19.1 Å². The van der Waals surface area contributed by atoms with Crippen molar-refractivity contribution < 1.29 is 27.2 Å². The fourth-order valence-corrected chi connectivity index (χ4v) is 3.60. The number of aryl methyl sites for hydroxylation is 1. The van der Waals surface area contributed by atoms with Crippen LogP contribution in [0.4, 0.5) is 17.6 Å². The Balaban J connectivity index is 2.27. The van der Waals surface area contributed by atoms with Crippen LogP contribution >= 0.6 is 11.6 Å². The van der Waals surface area contributed by atoms with Crippen LogP contribution in [-0.2, 0) is 4.84 Å². The summed E-state index contributed by atoms with van der Waals surface area (Å²) >= 11 is 5.74. The maximum atomic E-state index is 14.1. The Morgan fingerprint density at radius 2 is 2.09 bits per heavy atom. The molecule has 1 aliphatic heterocycles. The largest absolute Gasteiger partial charge is 0.398 e. The SMILES string of the molecule is C/N=C(\CC(C)(/C(C)=C/CC(C)F)C(F)(F)F)c1ccc(C(=O)NC2CC(Cl)=NO2)c(C)c1. The van der Waals surface area contributed by atoms with E-state index in [9.17, 15) is 22.4 Å². The molecule has 1 aromatic rings. The van der Waals surface area contributed by atoms with E-state index in [1.807, 2.05) is 0 Å². The van der Waals surface area contributed by atoms with Crippen molar-refractivity contribution in [2.24, 2.45) is 15.6 Å². The molecule has 182 valence electrons. The molecule has 0 aliphatic carbocycles. The lowest BCUT2D eigenvalue weighted by molar-refractivity contribution is -0.201. The Labute approximate surface area is 195 Å². The minimum atomic E-state index is -4.57. The summed E-state index contributed by atoms with van der Waals surface area (Å²) in [4.78, 5) is 21.6. The third-order valence-electron chi connectivity index (χ3n) is 5.76. The summed E-state index contributed by atoms with van der Waals surface area (Å²) in [5, 5.41) is 6.45. The number of rotatable bonds is 8. The van der Waals surface area contributed by atoms with E-state index in [1.165, 1.54) is 33.0 Å². The first-order chi connectivity index (χ1) is 15.3. The zero-order valence-electron chi connectivity index (χ0n) is 19.2. The van der Waals surface area contributed by atoms with E-state index in [0.29, 0.717) is 16.7 Å². The average Bonchev–Trinajstić information content (AvgIpc) is 3.13. The summed E-state index contributed by atoms with van der Waals surface area (Å²) in [6.45, 7) is 5.44. The molecular formula is C23H28ClF4N3O2. The van der Waals surface area contributed by atoms with Crippen LogP contribution in [-0.4, -0.2) is 42.4 Å². The van der Waals surface area contributed by atoms with Gasteiger partial charge in [-0.05, 0) is 57.4 Å².